The summed E-state index contributed by atoms with van der Waals surface area (Å²) in [5.74, 6) is 0.0647. The summed E-state index contributed by atoms with van der Waals surface area (Å²) in [5, 5.41) is 0.901. The van der Waals surface area contributed by atoms with Crippen molar-refractivity contribution in [3.8, 4) is 0 Å². The fraction of sp³-hybridized carbons (Fsp3) is 0.125. The summed E-state index contributed by atoms with van der Waals surface area (Å²) in [5.41, 5.74) is 0. The molecule has 0 fully saturated rings. The molecule has 2 aromatic heterocycles. The summed E-state index contributed by atoms with van der Waals surface area (Å²) in [6.07, 6.45) is 1.48. The summed E-state index contributed by atoms with van der Waals surface area (Å²) in [7, 11) is 0. The molecule has 0 aromatic carbocycles. The van der Waals surface area contributed by atoms with Crippen LogP contribution >= 0.6 is 27.3 Å². The molecule has 0 spiro atoms. The fourth-order valence-electron chi connectivity index (χ4n) is 1.00. The van der Waals surface area contributed by atoms with E-state index in [1.807, 2.05) is 6.07 Å². The van der Waals surface area contributed by atoms with Gasteiger partial charge in [0, 0.05) is 5.39 Å². The Hall–Kier alpha value is -0.810. The second kappa shape index (κ2) is 3.16. The normalized spacial score (nSPS) is 10.6. The minimum Gasteiger partial charge on any atom is -0.294 e. The third kappa shape index (κ3) is 1.49. The van der Waals surface area contributed by atoms with Gasteiger partial charge >= 0.3 is 0 Å². The number of nitrogens with zero attached hydrogens (tertiary/aromatic N) is 2. The predicted molar refractivity (Wildman–Crippen MR) is 55.1 cm³/mol. The van der Waals surface area contributed by atoms with Gasteiger partial charge in [-0.1, -0.05) is 0 Å². The number of carbonyl (C=O) groups is 1. The molecule has 0 aliphatic carbocycles. The molecule has 0 N–H and O–H groups in total. The maximum atomic E-state index is 11.1. The molecule has 66 valence electrons. The number of halogens is 1. The van der Waals surface area contributed by atoms with E-state index in [0.717, 1.165) is 19.7 Å². The van der Waals surface area contributed by atoms with Crippen LogP contribution in [0, 0.1) is 0 Å². The Morgan fingerprint density at radius 3 is 2.92 bits per heavy atom. The summed E-state index contributed by atoms with van der Waals surface area (Å²) >= 11 is 4.69. The van der Waals surface area contributed by atoms with Crippen molar-refractivity contribution in [1.29, 1.82) is 0 Å². The lowest BCUT2D eigenvalue weighted by Crippen LogP contribution is -1.83. The quantitative estimate of drug-likeness (QED) is 0.582. The average molecular weight is 257 g/mol. The zero-order chi connectivity index (χ0) is 9.42. The van der Waals surface area contributed by atoms with E-state index in [9.17, 15) is 4.79 Å². The Kier molecular flexibility index (Phi) is 2.13. The van der Waals surface area contributed by atoms with Gasteiger partial charge in [0.15, 0.2) is 5.78 Å². The fourth-order valence-corrected chi connectivity index (χ4v) is 2.42. The monoisotopic (exact) mass is 256 g/mol. The zero-order valence-electron chi connectivity index (χ0n) is 6.74. The van der Waals surface area contributed by atoms with Crippen LogP contribution in [0.4, 0.5) is 0 Å². The standard InChI is InChI=1S/C8H5BrN2OS/c1-4(12)6-2-5-7(9)10-3-11-8(5)13-6/h2-3H,1H3. The van der Waals surface area contributed by atoms with E-state index in [2.05, 4.69) is 25.9 Å². The highest BCUT2D eigenvalue weighted by Gasteiger charge is 2.08. The molecular weight excluding hydrogens is 252 g/mol. The van der Waals surface area contributed by atoms with E-state index >= 15 is 0 Å². The lowest BCUT2D eigenvalue weighted by atomic mass is 10.3. The van der Waals surface area contributed by atoms with Gasteiger partial charge in [-0.05, 0) is 28.9 Å². The van der Waals surface area contributed by atoms with Crippen LogP contribution in [0.15, 0.2) is 17.0 Å². The van der Waals surface area contributed by atoms with Crippen molar-refractivity contribution < 1.29 is 4.79 Å². The molecule has 13 heavy (non-hydrogen) atoms. The molecule has 2 heterocycles. The number of thiophene rings is 1. The summed E-state index contributed by atoms with van der Waals surface area (Å²) < 4.78 is 0.737. The van der Waals surface area contributed by atoms with Crippen LogP contribution in [0.3, 0.4) is 0 Å². The molecule has 5 heteroatoms. The minimum absolute atomic E-state index is 0.0647. The summed E-state index contributed by atoms with van der Waals surface area (Å²) in [6.45, 7) is 1.55. The zero-order valence-corrected chi connectivity index (χ0v) is 9.15. The molecule has 0 radical (unpaired) electrons. The molecule has 2 rings (SSSR count). The van der Waals surface area contributed by atoms with E-state index in [1.54, 1.807) is 6.92 Å². The Morgan fingerprint density at radius 2 is 2.31 bits per heavy atom. The third-order valence-electron chi connectivity index (χ3n) is 1.63. The molecule has 0 saturated heterocycles. The Balaban J connectivity index is 2.75. The first-order chi connectivity index (χ1) is 6.18. The van der Waals surface area contributed by atoms with E-state index < -0.39 is 0 Å². The number of hydrogen-bond donors (Lipinski definition) is 0. The molecule has 0 unspecified atom stereocenters. The molecular formula is C8H5BrN2OS. The highest BCUT2D eigenvalue weighted by Crippen LogP contribution is 2.28. The average Bonchev–Trinajstić information content (AvgIpc) is 2.49. The van der Waals surface area contributed by atoms with Gasteiger partial charge in [-0.25, -0.2) is 9.97 Å². The van der Waals surface area contributed by atoms with Crippen molar-refractivity contribution in [2.24, 2.45) is 0 Å². The van der Waals surface area contributed by atoms with Gasteiger partial charge < -0.3 is 0 Å². The van der Waals surface area contributed by atoms with Crippen LogP contribution < -0.4 is 0 Å². The molecule has 0 bridgehead atoms. The lowest BCUT2D eigenvalue weighted by Gasteiger charge is -1.88. The van der Waals surface area contributed by atoms with Gasteiger partial charge in [-0.2, -0.15) is 0 Å². The van der Waals surface area contributed by atoms with E-state index in [-0.39, 0.29) is 5.78 Å². The van der Waals surface area contributed by atoms with Crippen molar-refractivity contribution >= 4 is 43.3 Å². The van der Waals surface area contributed by atoms with Crippen molar-refractivity contribution in [3.05, 3.63) is 21.9 Å². The first-order valence-corrected chi connectivity index (χ1v) is 5.20. The maximum absolute atomic E-state index is 11.1. The van der Waals surface area contributed by atoms with Crippen LogP contribution in [0.2, 0.25) is 0 Å². The molecule has 2 aromatic rings. The molecule has 0 amide bonds. The number of hydrogen-bond acceptors (Lipinski definition) is 4. The Morgan fingerprint density at radius 1 is 1.54 bits per heavy atom. The van der Waals surface area contributed by atoms with Gasteiger partial charge in [0.2, 0.25) is 0 Å². The number of Topliss-reactive ketones (excluding diaryl/α,β-unsaturated/α-hetero) is 1. The largest absolute Gasteiger partial charge is 0.294 e. The molecule has 3 nitrogen and oxygen atoms in total. The summed E-state index contributed by atoms with van der Waals surface area (Å²) in [6, 6.07) is 1.81. The molecule has 0 aliphatic rings. The number of rotatable bonds is 1. The maximum Gasteiger partial charge on any atom is 0.169 e. The van der Waals surface area contributed by atoms with Crippen LogP contribution in [0.25, 0.3) is 10.2 Å². The second-order valence-corrected chi connectivity index (χ2v) is 4.33. The highest BCUT2D eigenvalue weighted by molar-refractivity contribution is 9.10. The minimum atomic E-state index is 0.0647. The van der Waals surface area contributed by atoms with Crippen molar-refractivity contribution in [2.45, 2.75) is 6.92 Å². The summed E-state index contributed by atoms with van der Waals surface area (Å²) in [4.78, 5) is 20.7. The van der Waals surface area contributed by atoms with Crippen LogP contribution in [0.1, 0.15) is 16.6 Å². The third-order valence-corrected chi connectivity index (χ3v) is 3.40. The second-order valence-electron chi connectivity index (χ2n) is 2.55. The van der Waals surface area contributed by atoms with Crippen LogP contribution in [-0.2, 0) is 0 Å². The number of aromatic nitrogens is 2. The van der Waals surface area contributed by atoms with E-state index in [4.69, 9.17) is 0 Å². The van der Waals surface area contributed by atoms with Gasteiger partial charge in [0.05, 0.1) is 4.88 Å². The Bertz CT molecular complexity index is 480. The number of fused-ring (bicyclic) bond motifs is 1. The predicted octanol–water partition coefficient (Wildman–Crippen LogP) is 2.66. The molecule has 0 atom stereocenters. The van der Waals surface area contributed by atoms with Crippen molar-refractivity contribution in [3.63, 3.8) is 0 Å². The highest BCUT2D eigenvalue weighted by atomic mass is 79.9. The number of ketones is 1. The van der Waals surface area contributed by atoms with Gasteiger partial charge in [0.25, 0.3) is 0 Å². The smallest absolute Gasteiger partial charge is 0.169 e. The van der Waals surface area contributed by atoms with Crippen LogP contribution in [0.5, 0.6) is 0 Å². The van der Waals surface area contributed by atoms with Crippen LogP contribution in [-0.4, -0.2) is 15.8 Å². The topological polar surface area (TPSA) is 42.9 Å². The molecule has 0 saturated carbocycles. The van der Waals surface area contributed by atoms with E-state index in [0.29, 0.717) is 0 Å². The number of carbonyl (C=O) groups excluding carboxylic acids is 1. The van der Waals surface area contributed by atoms with Gasteiger partial charge in [-0.3, -0.25) is 4.79 Å². The van der Waals surface area contributed by atoms with Crippen molar-refractivity contribution in [2.75, 3.05) is 0 Å². The SMILES string of the molecule is CC(=O)c1cc2c(Br)ncnc2s1. The van der Waals surface area contributed by atoms with Gasteiger partial charge in [-0.15, -0.1) is 11.3 Å². The Labute approximate surface area is 87.0 Å². The van der Waals surface area contributed by atoms with E-state index in [1.165, 1.54) is 17.7 Å². The first-order valence-electron chi connectivity index (χ1n) is 3.59. The molecule has 0 aliphatic heterocycles. The van der Waals surface area contributed by atoms with Gasteiger partial charge in [0.1, 0.15) is 15.8 Å². The lowest BCUT2D eigenvalue weighted by molar-refractivity contribution is 0.102. The first kappa shape index (κ1) is 8.77. The van der Waals surface area contributed by atoms with Crippen molar-refractivity contribution in [1.82, 2.24) is 9.97 Å².